The van der Waals surface area contributed by atoms with E-state index in [1.165, 1.54) is 0 Å². The van der Waals surface area contributed by atoms with Gasteiger partial charge in [-0.2, -0.15) is 0 Å². The van der Waals surface area contributed by atoms with Crippen molar-refractivity contribution in [2.45, 2.75) is 26.3 Å². The third-order valence-electron chi connectivity index (χ3n) is 2.81. The molecule has 1 saturated heterocycles. The minimum absolute atomic E-state index is 0.0156. The van der Waals surface area contributed by atoms with Gasteiger partial charge in [-0.05, 0) is 19.9 Å². The molecule has 18 heavy (non-hydrogen) atoms. The summed E-state index contributed by atoms with van der Waals surface area (Å²) in [6.45, 7) is 6.58. The molecule has 1 unspecified atom stereocenters. The number of aromatic nitrogens is 2. The van der Waals surface area contributed by atoms with E-state index in [4.69, 9.17) is 4.42 Å². The van der Waals surface area contributed by atoms with Crippen molar-refractivity contribution in [3.8, 4) is 0 Å². The smallest absolute Gasteiger partial charge is 0.318 e. The molecule has 0 saturated carbocycles. The predicted molar refractivity (Wildman–Crippen MR) is 66.2 cm³/mol. The molecule has 2 rings (SSSR count). The van der Waals surface area contributed by atoms with Crippen LogP contribution in [0.4, 0.5) is 6.01 Å². The summed E-state index contributed by atoms with van der Waals surface area (Å²) in [6.07, 6.45) is 1.05. The number of anilines is 1. The second kappa shape index (κ2) is 5.81. The SMILES string of the molecule is CCCNC(C)c1nnc(N2CCNC(=O)C2)o1. The number of amides is 1. The Morgan fingerprint density at radius 2 is 2.39 bits per heavy atom. The molecule has 0 radical (unpaired) electrons. The van der Waals surface area contributed by atoms with Gasteiger partial charge in [-0.3, -0.25) is 4.79 Å². The van der Waals surface area contributed by atoms with Crippen molar-refractivity contribution in [1.29, 1.82) is 0 Å². The average molecular weight is 253 g/mol. The van der Waals surface area contributed by atoms with Crippen molar-refractivity contribution in [1.82, 2.24) is 20.8 Å². The first-order chi connectivity index (χ1) is 8.70. The molecular weight excluding hydrogens is 234 g/mol. The highest BCUT2D eigenvalue weighted by Crippen LogP contribution is 2.17. The molecule has 1 aliphatic heterocycles. The molecule has 1 atom stereocenters. The van der Waals surface area contributed by atoms with Crippen LogP contribution in [-0.4, -0.2) is 42.3 Å². The van der Waals surface area contributed by atoms with E-state index < -0.39 is 0 Å². The van der Waals surface area contributed by atoms with Crippen molar-refractivity contribution < 1.29 is 9.21 Å². The van der Waals surface area contributed by atoms with Gasteiger partial charge < -0.3 is 20.0 Å². The summed E-state index contributed by atoms with van der Waals surface area (Å²) in [6, 6.07) is 0.454. The fourth-order valence-corrected chi connectivity index (χ4v) is 1.78. The summed E-state index contributed by atoms with van der Waals surface area (Å²) in [5, 5.41) is 14.0. The summed E-state index contributed by atoms with van der Waals surface area (Å²) < 4.78 is 5.59. The minimum Gasteiger partial charge on any atom is -0.406 e. The van der Waals surface area contributed by atoms with Gasteiger partial charge in [0.05, 0.1) is 6.04 Å². The molecule has 7 nitrogen and oxygen atoms in total. The molecule has 2 N–H and O–H groups in total. The Bertz CT molecular complexity index is 406. The minimum atomic E-state index is -0.0156. The summed E-state index contributed by atoms with van der Waals surface area (Å²) in [7, 11) is 0. The first kappa shape index (κ1) is 12.8. The Kier molecular flexibility index (Phi) is 4.14. The highest BCUT2D eigenvalue weighted by molar-refractivity contribution is 5.81. The van der Waals surface area contributed by atoms with Crippen molar-refractivity contribution in [2.24, 2.45) is 0 Å². The average Bonchev–Trinajstić information content (AvgIpc) is 2.85. The van der Waals surface area contributed by atoms with Crippen molar-refractivity contribution in [2.75, 3.05) is 31.1 Å². The standard InChI is InChI=1S/C11H19N5O2/c1-3-4-12-8(2)10-14-15-11(18-10)16-6-5-13-9(17)7-16/h8,12H,3-7H2,1-2H3,(H,13,17). The summed E-state index contributed by atoms with van der Waals surface area (Å²) >= 11 is 0. The first-order valence-corrected chi connectivity index (χ1v) is 6.29. The van der Waals surface area contributed by atoms with Crippen LogP contribution >= 0.6 is 0 Å². The number of nitrogens with zero attached hydrogens (tertiary/aromatic N) is 3. The number of carbonyl (C=O) groups excluding carboxylic acids is 1. The molecule has 0 bridgehead atoms. The molecule has 1 aromatic rings. The zero-order valence-electron chi connectivity index (χ0n) is 10.8. The van der Waals surface area contributed by atoms with Gasteiger partial charge in [0, 0.05) is 13.1 Å². The van der Waals surface area contributed by atoms with E-state index >= 15 is 0 Å². The third kappa shape index (κ3) is 2.98. The molecule has 0 aliphatic carbocycles. The maximum absolute atomic E-state index is 11.3. The first-order valence-electron chi connectivity index (χ1n) is 6.29. The monoisotopic (exact) mass is 253 g/mol. The summed E-state index contributed by atoms with van der Waals surface area (Å²) in [5.41, 5.74) is 0. The maximum Gasteiger partial charge on any atom is 0.318 e. The van der Waals surface area contributed by atoms with Crippen LogP contribution in [0.1, 0.15) is 32.2 Å². The van der Waals surface area contributed by atoms with Crippen LogP contribution in [0.15, 0.2) is 4.42 Å². The lowest BCUT2D eigenvalue weighted by Crippen LogP contribution is -2.47. The summed E-state index contributed by atoms with van der Waals surface area (Å²) in [5.74, 6) is 0.544. The third-order valence-corrected chi connectivity index (χ3v) is 2.81. The van der Waals surface area contributed by atoms with Gasteiger partial charge in [0.1, 0.15) is 6.54 Å². The zero-order chi connectivity index (χ0) is 13.0. The molecule has 1 aliphatic rings. The van der Waals surface area contributed by atoms with Crippen molar-refractivity contribution >= 4 is 11.9 Å². The van der Waals surface area contributed by atoms with Crippen LogP contribution in [0.2, 0.25) is 0 Å². The van der Waals surface area contributed by atoms with Crippen LogP contribution in [0.5, 0.6) is 0 Å². The van der Waals surface area contributed by atoms with Crippen LogP contribution in [0.3, 0.4) is 0 Å². The molecule has 0 spiro atoms. The highest BCUT2D eigenvalue weighted by Gasteiger charge is 2.22. The van der Waals surface area contributed by atoms with Gasteiger partial charge in [0.15, 0.2) is 0 Å². The van der Waals surface area contributed by atoms with E-state index in [2.05, 4.69) is 27.8 Å². The number of hydrogen-bond acceptors (Lipinski definition) is 6. The van der Waals surface area contributed by atoms with E-state index in [1.54, 1.807) is 4.90 Å². The molecular formula is C11H19N5O2. The van der Waals surface area contributed by atoms with E-state index in [0.29, 0.717) is 25.0 Å². The fourth-order valence-electron chi connectivity index (χ4n) is 1.78. The highest BCUT2D eigenvalue weighted by atomic mass is 16.4. The molecule has 7 heteroatoms. The Morgan fingerprint density at radius 3 is 3.11 bits per heavy atom. The topological polar surface area (TPSA) is 83.3 Å². The van der Waals surface area contributed by atoms with Gasteiger partial charge in [0.2, 0.25) is 11.8 Å². The van der Waals surface area contributed by atoms with Gasteiger partial charge in [-0.15, -0.1) is 5.10 Å². The number of nitrogens with one attached hydrogen (secondary N) is 2. The van der Waals surface area contributed by atoms with E-state index in [1.807, 2.05) is 6.92 Å². The molecule has 1 fully saturated rings. The lowest BCUT2D eigenvalue weighted by Gasteiger charge is -2.24. The van der Waals surface area contributed by atoms with Gasteiger partial charge in [0.25, 0.3) is 0 Å². The van der Waals surface area contributed by atoms with Gasteiger partial charge >= 0.3 is 6.01 Å². The van der Waals surface area contributed by atoms with Gasteiger partial charge in [-0.25, -0.2) is 0 Å². The molecule has 2 heterocycles. The Labute approximate surface area is 106 Å². The predicted octanol–water partition coefficient (Wildman–Crippen LogP) is 0.0664. The Hall–Kier alpha value is -1.63. The van der Waals surface area contributed by atoms with Gasteiger partial charge in [-0.1, -0.05) is 12.0 Å². The quantitative estimate of drug-likeness (QED) is 0.772. The second-order valence-electron chi connectivity index (χ2n) is 4.37. The molecule has 100 valence electrons. The number of hydrogen-bond donors (Lipinski definition) is 2. The van der Waals surface area contributed by atoms with E-state index in [9.17, 15) is 4.79 Å². The number of carbonyl (C=O) groups is 1. The largest absolute Gasteiger partial charge is 0.406 e. The van der Waals surface area contributed by atoms with Crippen molar-refractivity contribution in [3.63, 3.8) is 0 Å². The molecule has 1 aromatic heterocycles. The second-order valence-corrected chi connectivity index (χ2v) is 4.37. The van der Waals surface area contributed by atoms with Crippen molar-refractivity contribution in [3.05, 3.63) is 5.89 Å². The molecule has 0 aromatic carbocycles. The van der Waals surface area contributed by atoms with Crippen LogP contribution < -0.4 is 15.5 Å². The lowest BCUT2D eigenvalue weighted by atomic mass is 10.3. The summed E-state index contributed by atoms with van der Waals surface area (Å²) in [4.78, 5) is 13.1. The van der Waals surface area contributed by atoms with E-state index in [0.717, 1.165) is 13.0 Å². The number of piperazine rings is 1. The van der Waals surface area contributed by atoms with Crippen LogP contribution in [0.25, 0.3) is 0 Å². The Balaban J connectivity index is 1.98. The van der Waals surface area contributed by atoms with Crippen LogP contribution in [-0.2, 0) is 4.79 Å². The fraction of sp³-hybridized carbons (Fsp3) is 0.727. The Morgan fingerprint density at radius 1 is 1.56 bits per heavy atom. The van der Waals surface area contributed by atoms with Crippen LogP contribution in [0, 0.1) is 0 Å². The lowest BCUT2D eigenvalue weighted by molar-refractivity contribution is -0.120. The number of rotatable bonds is 5. The zero-order valence-corrected chi connectivity index (χ0v) is 10.8. The molecule has 1 amide bonds. The normalized spacial score (nSPS) is 17.7. The van der Waals surface area contributed by atoms with E-state index in [-0.39, 0.29) is 18.5 Å². The maximum atomic E-state index is 11.3.